The summed E-state index contributed by atoms with van der Waals surface area (Å²) in [6, 6.07) is 5.51. The van der Waals surface area contributed by atoms with Crippen LogP contribution in [0.4, 0.5) is 0 Å². The zero-order chi connectivity index (χ0) is 9.84. The Morgan fingerprint density at radius 3 is 2.54 bits per heavy atom. The Balaban J connectivity index is 3.17. The van der Waals surface area contributed by atoms with Crippen molar-refractivity contribution in [2.24, 2.45) is 0 Å². The molecule has 0 amide bonds. The van der Waals surface area contributed by atoms with Crippen LogP contribution in [0.1, 0.15) is 35.7 Å². The minimum atomic E-state index is 0.343. The van der Waals surface area contributed by atoms with Gasteiger partial charge in [0.25, 0.3) is 0 Å². The molecule has 0 N–H and O–H groups in total. The molecule has 13 heavy (non-hydrogen) atoms. The van der Waals surface area contributed by atoms with Crippen molar-refractivity contribution >= 4 is 6.29 Å². The molecule has 0 fully saturated rings. The Morgan fingerprint density at radius 1 is 1.38 bits per heavy atom. The highest BCUT2D eigenvalue weighted by Gasteiger charge is 2.06. The molecule has 0 atom stereocenters. The van der Waals surface area contributed by atoms with Gasteiger partial charge >= 0.3 is 0 Å². The van der Waals surface area contributed by atoms with Crippen molar-refractivity contribution in [2.75, 3.05) is 7.11 Å². The Kier molecular flexibility index (Phi) is 3.07. The number of benzene rings is 1. The lowest BCUT2D eigenvalue weighted by molar-refractivity contribution is 0.112. The lowest BCUT2D eigenvalue weighted by atomic mass is 9.98. The highest BCUT2D eigenvalue weighted by Crippen LogP contribution is 2.23. The van der Waals surface area contributed by atoms with Crippen LogP contribution in [0.2, 0.25) is 0 Å². The lowest BCUT2D eigenvalue weighted by Gasteiger charge is -2.10. The average molecular weight is 178 g/mol. The topological polar surface area (TPSA) is 26.3 Å². The van der Waals surface area contributed by atoms with Crippen molar-refractivity contribution in [1.82, 2.24) is 0 Å². The summed E-state index contributed by atoms with van der Waals surface area (Å²) >= 11 is 0. The molecule has 0 unspecified atom stereocenters. The third-order valence-corrected chi connectivity index (χ3v) is 2.04. The minimum Gasteiger partial charge on any atom is -0.497 e. The van der Waals surface area contributed by atoms with E-state index in [0.717, 1.165) is 23.2 Å². The maximum Gasteiger partial charge on any atom is 0.150 e. The monoisotopic (exact) mass is 178 g/mol. The first kappa shape index (κ1) is 9.78. The van der Waals surface area contributed by atoms with Crippen LogP contribution in [-0.2, 0) is 0 Å². The van der Waals surface area contributed by atoms with Crippen LogP contribution in [-0.4, -0.2) is 13.4 Å². The Labute approximate surface area is 78.5 Å². The Morgan fingerprint density at radius 2 is 2.08 bits per heavy atom. The van der Waals surface area contributed by atoms with Crippen molar-refractivity contribution in [1.29, 1.82) is 0 Å². The highest BCUT2D eigenvalue weighted by atomic mass is 16.5. The molecule has 0 saturated carbocycles. The molecule has 0 aliphatic carbocycles. The van der Waals surface area contributed by atoms with Gasteiger partial charge in [-0.2, -0.15) is 0 Å². The molecular weight excluding hydrogens is 164 g/mol. The maximum absolute atomic E-state index is 10.7. The summed E-state index contributed by atoms with van der Waals surface area (Å²) < 4.78 is 5.09. The van der Waals surface area contributed by atoms with Crippen LogP contribution in [0.25, 0.3) is 0 Å². The van der Waals surface area contributed by atoms with Crippen molar-refractivity contribution < 1.29 is 9.53 Å². The number of carbonyl (C=O) groups excluding carboxylic acids is 1. The molecule has 1 aromatic rings. The van der Waals surface area contributed by atoms with Crippen molar-refractivity contribution in [3.8, 4) is 5.75 Å². The van der Waals surface area contributed by atoms with Gasteiger partial charge in [-0.05, 0) is 29.7 Å². The van der Waals surface area contributed by atoms with E-state index < -0.39 is 0 Å². The molecular formula is C11H14O2. The van der Waals surface area contributed by atoms with Crippen LogP contribution in [0.15, 0.2) is 18.2 Å². The zero-order valence-corrected chi connectivity index (χ0v) is 8.20. The Hall–Kier alpha value is -1.31. The normalized spacial score (nSPS) is 10.2. The van der Waals surface area contributed by atoms with E-state index in [1.165, 1.54) is 0 Å². The largest absolute Gasteiger partial charge is 0.497 e. The zero-order valence-electron chi connectivity index (χ0n) is 8.20. The van der Waals surface area contributed by atoms with E-state index in [4.69, 9.17) is 4.74 Å². The number of methoxy groups -OCH3 is 1. The first-order valence-electron chi connectivity index (χ1n) is 4.32. The smallest absolute Gasteiger partial charge is 0.150 e. The SMILES string of the molecule is COc1ccc(C=O)c(C(C)C)c1. The fraction of sp³-hybridized carbons (Fsp3) is 0.364. The molecule has 0 radical (unpaired) electrons. The average Bonchev–Trinajstić information content (AvgIpc) is 2.16. The molecule has 0 heterocycles. The lowest BCUT2D eigenvalue weighted by Crippen LogP contribution is -1.96. The summed E-state index contributed by atoms with van der Waals surface area (Å²) in [7, 11) is 1.63. The van der Waals surface area contributed by atoms with Gasteiger partial charge in [0.1, 0.15) is 12.0 Å². The van der Waals surface area contributed by atoms with Gasteiger partial charge in [-0.1, -0.05) is 13.8 Å². The standard InChI is InChI=1S/C11H14O2/c1-8(2)11-6-10(13-3)5-4-9(11)7-12/h4-8H,1-3H3. The van der Waals surface area contributed by atoms with Crippen LogP contribution in [0.5, 0.6) is 5.75 Å². The third kappa shape index (κ3) is 2.08. The first-order chi connectivity index (χ1) is 6.19. The predicted molar refractivity (Wildman–Crippen MR) is 52.5 cm³/mol. The minimum absolute atomic E-state index is 0.343. The van der Waals surface area contributed by atoms with Gasteiger partial charge < -0.3 is 4.74 Å². The van der Waals surface area contributed by atoms with Gasteiger partial charge in [-0.3, -0.25) is 4.79 Å². The quantitative estimate of drug-likeness (QED) is 0.665. The molecule has 70 valence electrons. The van der Waals surface area contributed by atoms with E-state index in [2.05, 4.69) is 13.8 Å². The van der Waals surface area contributed by atoms with E-state index in [-0.39, 0.29) is 0 Å². The number of ether oxygens (including phenoxy) is 1. The number of aldehydes is 1. The molecule has 1 rings (SSSR count). The van der Waals surface area contributed by atoms with Gasteiger partial charge in [-0.15, -0.1) is 0 Å². The highest BCUT2D eigenvalue weighted by molar-refractivity contribution is 5.78. The summed E-state index contributed by atoms with van der Waals surface area (Å²) in [5.74, 6) is 1.14. The van der Waals surface area contributed by atoms with Gasteiger partial charge in [0.05, 0.1) is 7.11 Å². The van der Waals surface area contributed by atoms with Crippen LogP contribution < -0.4 is 4.74 Å². The molecule has 0 bridgehead atoms. The molecule has 0 aliphatic rings. The summed E-state index contributed by atoms with van der Waals surface area (Å²) in [4.78, 5) is 10.7. The van der Waals surface area contributed by atoms with Crippen LogP contribution in [0, 0.1) is 0 Å². The molecule has 2 nitrogen and oxygen atoms in total. The van der Waals surface area contributed by atoms with Crippen LogP contribution >= 0.6 is 0 Å². The summed E-state index contributed by atoms with van der Waals surface area (Å²) in [6.07, 6.45) is 0.884. The van der Waals surface area contributed by atoms with Crippen LogP contribution in [0.3, 0.4) is 0 Å². The van der Waals surface area contributed by atoms with Gasteiger partial charge in [0.15, 0.2) is 0 Å². The number of hydrogen-bond acceptors (Lipinski definition) is 2. The van der Waals surface area contributed by atoms with E-state index >= 15 is 0 Å². The molecule has 0 aromatic heterocycles. The second-order valence-corrected chi connectivity index (χ2v) is 3.27. The van der Waals surface area contributed by atoms with E-state index in [0.29, 0.717) is 5.92 Å². The van der Waals surface area contributed by atoms with Gasteiger partial charge in [0, 0.05) is 5.56 Å². The van der Waals surface area contributed by atoms with Crippen molar-refractivity contribution in [2.45, 2.75) is 19.8 Å². The molecule has 0 saturated heterocycles. The van der Waals surface area contributed by atoms with Crippen molar-refractivity contribution in [3.63, 3.8) is 0 Å². The predicted octanol–water partition coefficient (Wildman–Crippen LogP) is 2.63. The molecule has 1 aromatic carbocycles. The number of rotatable bonds is 3. The van der Waals surface area contributed by atoms with Gasteiger partial charge in [-0.25, -0.2) is 0 Å². The molecule has 0 spiro atoms. The fourth-order valence-corrected chi connectivity index (χ4v) is 1.29. The maximum atomic E-state index is 10.7. The number of carbonyl (C=O) groups is 1. The molecule has 2 heteroatoms. The summed E-state index contributed by atoms with van der Waals surface area (Å²) in [6.45, 7) is 4.11. The van der Waals surface area contributed by atoms with E-state index in [1.54, 1.807) is 19.2 Å². The van der Waals surface area contributed by atoms with E-state index in [9.17, 15) is 4.79 Å². The molecule has 0 aliphatic heterocycles. The number of hydrogen-bond donors (Lipinski definition) is 0. The fourth-order valence-electron chi connectivity index (χ4n) is 1.29. The first-order valence-corrected chi connectivity index (χ1v) is 4.32. The van der Waals surface area contributed by atoms with Crippen molar-refractivity contribution in [3.05, 3.63) is 29.3 Å². The summed E-state index contributed by atoms with van der Waals surface area (Å²) in [5, 5.41) is 0. The summed E-state index contributed by atoms with van der Waals surface area (Å²) in [5.41, 5.74) is 1.78. The third-order valence-electron chi connectivity index (χ3n) is 2.04. The van der Waals surface area contributed by atoms with E-state index in [1.807, 2.05) is 6.07 Å². The second-order valence-electron chi connectivity index (χ2n) is 3.27. The Bertz CT molecular complexity index is 303. The van der Waals surface area contributed by atoms with Gasteiger partial charge in [0.2, 0.25) is 0 Å². The second kappa shape index (κ2) is 4.08.